The van der Waals surface area contributed by atoms with Crippen molar-refractivity contribution in [1.29, 1.82) is 0 Å². The van der Waals surface area contributed by atoms with E-state index in [1.54, 1.807) is 23.2 Å². The van der Waals surface area contributed by atoms with E-state index in [4.69, 9.17) is 9.47 Å². The van der Waals surface area contributed by atoms with Gasteiger partial charge in [-0.1, -0.05) is 6.07 Å². The van der Waals surface area contributed by atoms with E-state index in [0.29, 0.717) is 36.3 Å². The summed E-state index contributed by atoms with van der Waals surface area (Å²) in [4.78, 5) is 41.1. The van der Waals surface area contributed by atoms with Gasteiger partial charge in [0.2, 0.25) is 5.95 Å². The number of benzene rings is 2. The van der Waals surface area contributed by atoms with Crippen LogP contribution in [-0.2, 0) is 17.5 Å². The Bertz CT molecular complexity index is 1500. The lowest BCUT2D eigenvalue weighted by Gasteiger charge is -2.35. The number of anilines is 4. The zero-order valence-corrected chi connectivity index (χ0v) is 24.5. The molecule has 0 radical (unpaired) electrons. The number of hydrogen-bond donors (Lipinski definition) is 2. The first-order valence-corrected chi connectivity index (χ1v) is 14.3. The van der Waals surface area contributed by atoms with Gasteiger partial charge < -0.3 is 20.1 Å². The van der Waals surface area contributed by atoms with Gasteiger partial charge in [-0.15, -0.1) is 0 Å². The molecule has 0 unspecified atom stereocenters. The predicted octanol–water partition coefficient (Wildman–Crippen LogP) is 4.86. The third kappa shape index (κ3) is 7.19. The SMILES string of the molecule is CCN1C(=O)N(c2cc(NC(=O)c3cccc(C(F)(F)F)c3)cc(OC)c2)Cc2cnc(NCCCN3CCOCC3)nc21. The van der Waals surface area contributed by atoms with Crippen molar-refractivity contribution in [1.82, 2.24) is 14.9 Å². The van der Waals surface area contributed by atoms with Gasteiger partial charge in [-0.3, -0.25) is 19.5 Å². The summed E-state index contributed by atoms with van der Waals surface area (Å²) in [6.07, 6.45) is -1.99. The number of nitrogens with zero attached hydrogens (tertiary/aromatic N) is 5. The molecule has 0 aliphatic carbocycles. The normalized spacial score (nSPS) is 15.6. The number of rotatable bonds is 10. The largest absolute Gasteiger partial charge is 0.497 e. The number of aromatic nitrogens is 2. The summed E-state index contributed by atoms with van der Waals surface area (Å²) in [7, 11) is 1.44. The van der Waals surface area contributed by atoms with Gasteiger partial charge in [0.05, 0.1) is 38.1 Å². The second-order valence-corrected chi connectivity index (χ2v) is 10.3. The number of hydrogen-bond acceptors (Lipinski definition) is 8. The number of methoxy groups -OCH3 is 1. The average Bonchev–Trinajstić information content (AvgIpc) is 3.02. The smallest absolute Gasteiger partial charge is 0.416 e. The lowest BCUT2D eigenvalue weighted by atomic mass is 10.1. The maximum atomic E-state index is 13.7. The number of fused-ring (bicyclic) bond motifs is 1. The first-order chi connectivity index (χ1) is 21.2. The van der Waals surface area contributed by atoms with E-state index in [2.05, 4.69) is 25.5 Å². The molecular weight excluding hydrogens is 579 g/mol. The summed E-state index contributed by atoms with van der Waals surface area (Å²) in [6.45, 7) is 7.34. The molecule has 5 rings (SSSR count). The summed E-state index contributed by atoms with van der Waals surface area (Å²) >= 11 is 0. The highest BCUT2D eigenvalue weighted by Gasteiger charge is 2.33. The van der Waals surface area contributed by atoms with Gasteiger partial charge in [-0.05, 0) is 44.2 Å². The minimum Gasteiger partial charge on any atom is -0.497 e. The second kappa shape index (κ2) is 13.5. The van der Waals surface area contributed by atoms with Crippen molar-refractivity contribution < 1.29 is 32.2 Å². The zero-order chi connectivity index (χ0) is 31.3. The van der Waals surface area contributed by atoms with E-state index in [9.17, 15) is 22.8 Å². The van der Waals surface area contributed by atoms with Gasteiger partial charge >= 0.3 is 12.2 Å². The molecule has 3 heterocycles. The summed E-state index contributed by atoms with van der Waals surface area (Å²) in [5.74, 6) is 0.558. The molecule has 0 atom stereocenters. The number of amides is 3. The van der Waals surface area contributed by atoms with Gasteiger partial charge in [0.25, 0.3) is 5.91 Å². The molecule has 0 bridgehead atoms. The van der Waals surface area contributed by atoms with Crippen LogP contribution in [0.3, 0.4) is 0 Å². The van der Waals surface area contributed by atoms with Crippen molar-refractivity contribution in [2.75, 3.05) is 73.5 Å². The van der Waals surface area contributed by atoms with Crippen LogP contribution in [0.15, 0.2) is 48.7 Å². The summed E-state index contributed by atoms with van der Waals surface area (Å²) < 4.78 is 50.3. The highest BCUT2D eigenvalue weighted by Crippen LogP contribution is 2.35. The van der Waals surface area contributed by atoms with Gasteiger partial charge in [0.15, 0.2) is 0 Å². The fourth-order valence-electron chi connectivity index (χ4n) is 5.09. The summed E-state index contributed by atoms with van der Waals surface area (Å²) in [6, 6.07) is 8.55. The predicted molar refractivity (Wildman–Crippen MR) is 159 cm³/mol. The van der Waals surface area contributed by atoms with Crippen LogP contribution in [0.5, 0.6) is 5.75 Å². The van der Waals surface area contributed by atoms with Crippen LogP contribution in [0.2, 0.25) is 0 Å². The summed E-state index contributed by atoms with van der Waals surface area (Å²) in [5, 5.41) is 5.87. The Morgan fingerprint density at radius 3 is 2.66 bits per heavy atom. The highest BCUT2D eigenvalue weighted by molar-refractivity contribution is 6.07. The molecular formula is C30H34F3N7O4. The first-order valence-electron chi connectivity index (χ1n) is 14.3. The van der Waals surface area contributed by atoms with Crippen LogP contribution in [-0.4, -0.2) is 79.9 Å². The van der Waals surface area contributed by atoms with Crippen LogP contribution in [0.25, 0.3) is 0 Å². The Kier molecular flexibility index (Phi) is 9.49. The number of alkyl halides is 3. The quantitative estimate of drug-likeness (QED) is 0.312. The van der Waals surface area contributed by atoms with Crippen molar-refractivity contribution >= 4 is 35.1 Å². The number of nitrogens with one attached hydrogen (secondary N) is 2. The fourth-order valence-corrected chi connectivity index (χ4v) is 5.09. The maximum absolute atomic E-state index is 13.7. The van der Waals surface area contributed by atoms with E-state index < -0.39 is 17.6 Å². The number of urea groups is 1. The lowest BCUT2D eigenvalue weighted by Crippen LogP contribution is -2.48. The van der Waals surface area contributed by atoms with E-state index in [1.165, 1.54) is 30.2 Å². The van der Waals surface area contributed by atoms with Crippen LogP contribution in [0, 0.1) is 0 Å². The van der Waals surface area contributed by atoms with E-state index in [0.717, 1.165) is 57.0 Å². The fraction of sp³-hybridized carbons (Fsp3) is 0.400. The number of carbonyl (C=O) groups is 2. The standard InChI is InChI=1S/C30H34F3N7O4/c1-3-39-26-21(18-35-28(37-26)34-8-5-9-38-10-12-44-13-11-38)19-40(29(39)42)24-15-23(16-25(17-24)43-2)36-27(41)20-6-4-7-22(14-20)30(31,32)33/h4,6-7,14-18H,3,5,8-13,19H2,1-2H3,(H,36,41)(H,34,35,37). The molecule has 2 N–H and O–H groups in total. The number of ether oxygens (including phenoxy) is 2. The number of halogens is 3. The van der Waals surface area contributed by atoms with E-state index >= 15 is 0 Å². The molecule has 0 saturated carbocycles. The van der Waals surface area contributed by atoms with Crippen molar-refractivity contribution in [2.24, 2.45) is 0 Å². The van der Waals surface area contributed by atoms with Crippen molar-refractivity contribution in [3.8, 4) is 5.75 Å². The van der Waals surface area contributed by atoms with Gasteiger partial charge in [0.1, 0.15) is 11.6 Å². The average molecular weight is 614 g/mol. The van der Waals surface area contributed by atoms with Crippen LogP contribution >= 0.6 is 0 Å². The molecule has 0 spiro atoms. The molecule has 3 aromatic rings. The Morgan fingerprint density at radius 1 is 1.14 bits per heavy atom. The molecule has 2 aliphatic rings. The van der Waals surface area contributed by atoms with Crippen LogP contribution < -0.4 is 25.2 Å². The Balaban J connectivity index is 1.31. The molecule has 234 valence electrons. The Morgan fingerprint density at radius 2 is 1.93 bits per heavy atom. The lowest BCUT2D eigenvalue weighted by molar-refractivity contribution is -0.137. The Labute approximate surface area is 253 Å². The second-order valence-electron chi connectivity index (χ2n) is 10.3. The first kappa shape index (κ1) is 31.0. The molecule has 44 heavy (non-hydrogen) atoms. The molecule has 1 fully saturated rings. The highest BCUT2D eigenvalue weighted by atomic mass is 19.4. The number of carbonyl (C=O) groups excluding carboxylic acids is 2. The third-order valence-electron chi connectivity index (χ3n) is 7.39. The molecule has 11 nitrogen and oxygen atoms in total. The van der Waals surface area contributed by atoms with Crippen LogP contribution in [0.1, 0.15) is 34.8 Å². The topological polar surface area (TPSA) is 112 Å². The van der Waals surface area contributed by atoms with Crippen molar-refractivity contribution in [3.05, 3.63) is 65.4 Å². The molecule has 2 aliphatic heterocycles. The minimum atomic E-state index is -4.58. The summed E-state index contributed by atoms with van der Waals surface area (Å²) in [5.41, 5.74) is 0.302. The number of morpholine rings is 1. The third-order valence-corrected chi connectivity index (χ3v) is 7.39. The van der Waals surface area contributed by atoms with Gasteiger partial charge in [0, 0.05) is 61.3 Å². The maximum Gasteiger partial charge on any atom is 0.416 e. The monoisotopic (exact) mass is 613 g/mol. The molecule has 3 amide bonds. The van der Waals surface area contributed by atoms with Crippen molar-refractivity contribution in [3.63, 3.8) is 0 Å². The zero-order valence-electron chi connectivity index (χ0n) is 24.5. The van der Waals surface area contributed by atoms with E-state index in [1.807, 2.05) is 6.92 Å². The van der Waals surface area contributed by atoms with Gasteiger partial charge in [-0.25, -0.2) is 9.78 Å². The van der Waals surface area contributed by atoms with E-state index in [-0.39, 0.29) is 23.8 Å². The molecule has 1 aromatic heterocycles. The molecule has 2 aromatic carbocycles. The van der Waals surface area contributed by atoms with Crippen LogP contribution in [0.4, 0.5) is 41.1 Å². The molecule has 1 saturated heterocycles. The van der Waals surface area contributed by atoms with Gasteiger partial charge in [-0.2, -0.15) is 18.2 Å². The minimum absolute atomic E-state index is 0.160. The molecule has 14 heteroatoms. The Hall–Kier alpha value is -4.43. The van der Waals surface area contributed by atoms with Crippen molar-refractivity contribution in [2.45, 2.75) is 26.1 Å².